The van der Waals surface area contributed by atoms with E-state index in [0.29, 0.717) is 17.9 Å². The summed E-state index contributed by atoms with van der Waals surface area (Å²) in [5, 5.41) is 10.8. The summed E-state index contributed by atoms with van der Waals surface area (Å²) in [7, 11) is 0. The van der Waals surface area contributed by atoms with Crippen LogP contribution in [0.2, 0.25) is 0 Å². The zero-order chi connectivity index (χ0) is 32.9. The van der Waals surface area contributed by atoms with Crippen LogP contribution in [0.15, 0.2) is 91.0 Å². The summed E-state index contributed by atoms with van der Waals surface area (Å²) in [6.45, 7) is 8.21. The molecule has 1 N–H and O–H groups in total. The minimum Gasteiger partial charge on any atom is -0.507 e. The van der Waals surface area contributed by atoms with Gasteiger partial charge in [0.25, 0.3) is 0 Å². The number of hydrogen-bond donors (Lipinski definition) is 1. The maximum Gasteiger partial charge on any atom is 0.344 e. The van der Waals surface area contributed by atoms with Crippen LogP contribution in [0.1, 0.15) is 101 Å². The van der Waals surface area contributed by atoms with E-state index in [0.717, 1.165) is 38.0 Å². The first-order chi connectivity index (χ1) is 22.4. The van der Waals surface area contributed by atoms with E-state index in [-0.39, 0.29) is 39.5 Å². The SMILES string of the molecule is CCCCCCCCOc1ccc(C(=O)c2ccccc2)c(OC(=O)c2ccccc2C(=O)c2ccc(N(CC)CC)cc2O)c1. The number of ether oxygens (including phenoxy) is 2. The number of phenolic OH excluding ortho intramolecular Hbond substituents is 1. The molecule has 0 aliphatic heterocycles. The van der Waals surface area contributed by atoms with Crippen molar-refractivity contribution in [2.24, 2.45) is 0 Å². The van der Waals surface area contributed by atoms with Gasteiger partial charge in [0.2, 0.25) is 0 Å². The average molecular weight is 622 g/mol. The van der Waals surface area contributed by atoms with E-state index in [1.54, 1.807) is 72.8 Å². The molecular weight excluding hydrogens is 578 g/mol. The first-order valence-electron chi connectivity index (χ1n) is 16.2. The van der Waals surface area contributed by atoms with E-state index in [9.17, 15) is 19.5 Å². The molecule has 0 aliphatic carbocycles. The smallest absolute Gasteiger partial charge is 0.344 e. The van der Waals surface area contributed by atoms with Crippen molar-refractivity contribution in [2.45, 2.75) is 59.3 Å². The van der Waals surface area contributed by atoms with Crippen LogP contribution < -0.4 is 14.4 Å². The zero-order valence-corrected chi connectivity index (χ0v) is 27.0. The number of benzene rings is 4. The Hall–Kier alpha value is -4.91. The van der Waals surface area contributed by atoms with Crippen LogP contribution in [0, 0.1) is 0 Å². The van der Waals surface area contributed by atoms with Gasteiger partial charge in [0, 0.05) is 42.0 Å². The number of rotatable bonds is 17. The molecule has 0 atom stereocenters. The summed E-state index contributed by atoms with van der Waals surface area (Å²) < 4.78 is 11.8. The molecule has 4 aromatic carbocycles. The molecule has 46 heavy (non-hydrogen) atoms. The van der Waals surface area contributed by atoms with Crippen molar-refractivity contribution in [2.75, 3.05) is 24.6 Å². The van der Waals surface area contributed by atoms with Crippen molar-refractivity contribution >= 4 is 23.2 Å². The Morgan fingerprint density at radius 3 is 2.00 bits per heavy atom. The number of nitrogens with zero attached hydrogens (tertiary/aromatic N) is 1. The second kappa shape index (κ2) is 17.0. The van der Waals surface area contributed by atoms with E-state index in [1.807, 2.05) is 19.9 Å². The van der Waals surface area contributed by atoms with Gasteiger partial charge in [-0.2, -0.15) is 0 Å². The molecule has 0 spiro atoms. The monoisotopic (exact) mass is 621 g/mol. The maximum atomic E-state index is 13.7. The van der Waals surface area contributed by atoms with Crippen molar-refractivity contribution in [3.8, 4) is 17.2 Å². The quantitative estimate of drug-likeness (QED) is 0.0546. The number of hydrogen-bond acceptors (Lipinski definition) is 7. The second-order valence-electron chi connectivity index (χ2n) is 11.1. The first-order valence-corrected chi connectivity index (χ1v) is 16.2. The lowest BCUT2D eigenvalue weighted by molar-refractivity contribution is 0.0728. The predicted molar refractivity (Wildman–Crippen MR) is 182 cm³/mol. The fourth-order valence-electron chi connectivity index (χ4n) is 5.34. The summed E-state index contributed by atoms with van der Waals surface area (Å²) in [6, 6.07) is 24.8. The van der Waals surface area contributed by atoms with Gasteiger partial charge in [-0.15, -0.1) is 0 Å². The molecule has 4 aromatic rings. The fraction of sp³-hybridized carbons (Fsp3) is 0.308. The summed E-state index contributed by atoms with van der Waals surface area (Å²) in [5.74, 6) is -1.31. The summed E-state index contributed by atoms with van der Waals surface area (Å²) >= 11 is 0. The van der Waals surface area contributed by atoms with E-state index in [2.05, 4.69) is 11.8 Å². The van der Waals surface area contributed by atoms with Crippen LogP contribution in [0.4, 0.5) is 5.69 Å². The van der Waals surface area contributed by atoms with E-state index < -0.39 is 11.8 Å². The number of carbonyl (C=O) groups is 3. The van der Waals surface area contributed by atoms with Gasteiger partial charge >= 0.3 is 5.97 Å². The number of ketones is 2. The van der Waals surface area contributed by atoms with Crippen molar-refractivity contribution in [3.05, 3.63) is 119 Å². The van der Waals surface area contributed by atoms with Gasteiger partial charge in [-0.3, -0.25) is 9.59 Å². The standard InChI is InChI=1S/C39H43NO6/c1-4-7-8-9-10-16-25-45-30-22-24-34(37(42)28-17-12-11-13-18-28)36(27-30)46-39(44)32-20-15-14-19-31(32)38(43)33-23-21-29(26-35(33)41)40(5-2)6-3/h11-15,17-24,26-27,41H,4-10,16,25H2,1-3H3. The first kappa shape index (κ1) is 34.0. The summed E-state index contributed by atoms with van der Waals surface area (Å²) in [4.78, 5) is 42.9. The molecule has 0 heterocycles. The minimum atomic E-state index is -0.807. The topological polar surface area (TPSA) is 93.1 Å². The largest absolute Gasteiger partial charge is 0.507 e. The highest BCUT2D eigenvalue weighted by Gasteiger charge is 2.24. The number of anilines is 1. The van der Waals surface area contributed by atoms with Gasteiger partial charge in [-0.1, -0.05) is 87.6 Å². The minimum absolute atomic E-state index is 0.0104. The number of esters is 1. The van der Waals surface area contributed by atoms with Gasteiger partial charge in [-0.05, 0) is 50.6 Å². The third-order valence-electron chi connectivity index (χ3n) is 7.95. The lowest BCUT2D eigenvalue weighted by Gasteiger charge is -2.21. The molecule has 0 amide bonds. The Labute approximate surface area is 271 Å². The molecule has 0 bridgehead atoms. The van der Waals surface area contributed by atoms with E-state index >= 15 is 0 Å². The van der Waals surface area contributed by atoms with Crippen LogP contribution in [-0.2, 0) is 0 Å². The summed E-state index contributed by atoms with van der Waals surface area (Å²) in [5.41, 5.74) is 1.59. The molecule has 0 saturated heterocycles. The number of unbranched alkanes of at least 4 members (excludes halogenated alkanes) is 5. The molecule has 7 heteroatoms. The Bertz CT molecular complexity index is 1630. The summed E-state index contributed by atoms with van der Waals surface area (Å²) in [6.07, 6.45) is 6.73. The van der Waals surface area contributed by atoms with Crippen LogP contribution >= 0.6 is 0 Å². The molecule has 0 fully saturated rings. The molecule has 4 rings (SSSR count). The molecule has 0 aromatic heterocycles. The van der Waals surface area contributed by atoms with Gasteiger partial charge in [0.05, 0.1) is 23.3 Å². The zero-order valence-electron chi connectivity index (χ0n) is 27.0. The Morgan fingerprint density at radius 1 is 0.652 bits per heavy atom. The predicted octanol–water partition coefficient (Wildman–Crippen LogP) is 8.66. The normalized spacial score (nSPS) is 10.8. The maximum absolute atomic E-state index is 13.7. The third kappa shape index (κ3) is 8.62. The van der Waals surface area contributed by atoms with Crippen LogP contribution in [0.5, 0.6) is 17.2 Å². The lowest BCUT2D eigenvalue weighted by atomic mass is 9.97. The highest BCUT2D eigenvalue weighted by atomic mass is 16.5. The average Bonchev–Trinajstić information content (AvgIpc) is 3.08. The molecule has 7 nitrogen and oxygen atoms in total. The molecule has 0 unspecified atom stereocenters. The molecule has 0 aliphatic rings. The van der Waals surface area contributed by atoms with E-state index in [1.165, 1.54) is 31.4 Å². The molecular formula is C39H43NO6. The third-order valence-corrected chi connectivity index (χ3v) is 7.95. The van der Waals surface area contributed by atoms with Gasteiger partial charge in [0.15, 0.2) is 11.6 Å². The Kier molecular flexibility index (Phi) is 12.5. The van der Waals surface area contributed by atoms with Gasteiger partial charge in [0.1, 0.15) is 17.2 Å². The number of aromatic hydroxyl groups is 1. The second-order valence-corrected chi connectivity index (χ2v) is 11.1. The Balaban J connectivity index is 1.60. The van der Waals surface area contributed by atoms with Crippen LogP contribution in [-0.4, -0.2) is 42.3 Å². The van der Waals surface area contributed by atoms with E-state index in [4.69, 9.17) is 9.47 Å². The van der Waals surface area contributed by atoms with Crippen molar-refractivity contribution in [1.82, 2.24) is 0 Å². The van der Waals surface area contributed by atoms with Gasteiger partial charge in [-0.25, -0.2) is 4.79 Å². The molecule has 0 saturated carbocycles. The highest BCUT2D eigenvalue weighted by molar-refractivity contribution is 6.16. The number of carbonyl (C=O) groups excluding carboxylic acids is 3. The molecule has 240 valence electrons. The fourth-order valence-corrected chi connectivity index (χ4v) is 5.34. The molecule has 0 radical (unpaired) electrons. The van der Waals surface area contributed by atoms with Gasteiger partial charge < -0.3 is 19.5 Å². The lowest BCUT2D eigenvalue weighted by Crippen LogP contribution is -2.21. The van der Waals surface area contributed by atoms with Crippen molar-refractivity contribution in [3.63, 3.8) is 0 Å². The van der Waals surface area contributed by atoms with Crippen LogP contribution in [0.3, 0.4) is 0 Å². The Morgan fingerprint density at radius 2 is 1.30 bits per heavy atom. The van der Waals surface area contributed by atoms with Crippen molar-refractivity contribution in [1.29, 1.82) is 0 Å². The van der Waals surface area contributed by atoms with Crippen molar-refractivity contribution < 1.29 is 29.0 Å². The number of phenols is 1. The highest BCUT2D eigenvalue weighted by Crippen LogP contribution is 2.31. The van der Waals surface area contributed by atoms with Crippen LogP contribution in [0.25, 0.3) is 0 Å².